The monoisotopic (exact) mass is 370 g/mol. The van der Waals surface area contributed by atoms with Gasteiger partial charge in [-0.25, -0.2) is 14.4 Å². The third-order valence-corrected chi connectivity index (χ3v) is 2.52. The number of rotatable bonds is 9. The van der Waals surface area contributed by atoms with Gasteiger partial charge in [-0.1, -0.05) is 46.4 Å². The molecule has 0 fully saturated rings. The van der Waals surface area contributed by atoms with E-state index < -0.39 is 0 Å². The number of hydrogen-bond acceptors (Lipinski definition) is 6. The summed E-state index contributed by atoms with van der Waals surface area (Å²) in [6, 6.07) is 0. The summed E-state index contributed by atoms with van der Waals surface area (Å²) in [4.78, 5) is 31.2. The Hall–Kier alpha value is -2.37. The van der Waals surface area contributed by atoms with Crippen LogP contribution in [0.5, 0.6) is 0 Å². The van der Waals surface area contributed by atoms with Crippen LogP contribution >= 0.6 is 0 Å². The first kappa shape index (κ1) is 28.4. The van der Waals surface area contributed by atoms with Crippen LogP contribution < -0.4 is 0 Å². The van der Waals surface area contributed by atoms with Crippen molar-refractivity contribution < 1.29 is 28.6 Å². The smallest absolute Gasteiger partial charge is 0.333 e. The van der Waals surface area contributed by atoms with E-state index in [0.717, 1.165) is 25.7 Å². The van der Waals surface area contributed by atoms with Crippen molar-refractivity contribution in [3.05, 3.63) is 37.0 Å². The maximum Gasteiger partial charge on any atom is 0.333 e. The summed E-state index contributed by atoms with van der Waals surface area (Å²) in [5.74, 6) is -0.961. The van der Waals surface area contributed by atoms with Gasteiger partial charge in [0.05, 0.1) is 20.3 Å². The van der Waals surface area contributed by atoms with E-state index in [2.05, 4.69) is 36.1 Å². The lowest BCUT2D eigenvalue weighted by molar-refractivity contribution is -0.139. The molecule has 26 heavy (non-hydrogen) atoms. The van der Waals surface area contributed by atoms with E-state index in [1.54, 1.807) is 13.8 Å². The van der Waals surface area contributed by atoms with Crippen LogP contribution in [0.25, 0.3) is 0 Å². The van der Waals surface area contributed by atoms with Crippen LogP contribution in [0, 0.1) is 0 Å². The van der Waals surface area contributed by atoms with Crippen LogP contribution in [0.1, 0.15) is 53.4 Å². The van der Waals surface area contributed by atoms with Gasteiger partial charge in [-0.3, -0.25) is 0 Å². The third kappa shape index (κ3) is 23.9. The van der Waals surface area contributed by atoms with Crippen molar-refractivity contribution in [2.24, 2.45) is 0 Å². The molecule has 0 saturated heterocycles. The van der Waals surface area contributed by atoms with Crippen molar-refractivity contribution in [3.63, 3.8) is 0 Å². The highest BCUT2D eigenvalue weighted by molar-refractivity contribution is 5.87. The Morgan fingerprint density at radius 1 is 0.846 bits per heavy atom. The first-order chi connectivity index (χ1) is 12.2. The standard InChI is InChI=1S/C8H14O2.C7H12O2.C5H8O2/c1-4-5-6-10-8(9)7(2)3;1-3-5-6-9-7(8)4-2;1-4(2)5(6)7-3/h2,4-6H2,1,3H3;4H,2-3,5-6H2,1H3;1H2,2-3H3. The van der Waals surface area contributed by atoms with Gasteiger partial charge in [-0.2, -0.15) is 0 Å². The van der Waals surface area contributed by atoms with E-state index in [1.165, 1.54) is 13.2 Å². The molecule has 0 aromatic rings. The van der Waals surface area contributed by atoms with Crippen molar-refractivity contribution >= 4 is 17.9 Å². The minimum absolute atomic E-state index is 0.284. The summed E-state index contributed by atoms with van der Waals surface area (Å²) in [5.41, 5.74) is 0.901. The van der Waals surface area contributed by atoms with Crippen molar-refractivity contribution in [2.75, 3.05) is 20.3 Å². The lowest BCUT2D eigenvalue weighted by Gasteiger charge is -2.01. The second-order valence-electron chi connectivity index (χ2n) is 5.27. The molecule has 0 bridgehead atoms. The maximum atomic E-state index is 10.7. The van der Waals surface area contributed by atoms with Gasteiger partial charge in [-0.05, 0) is 26.7 Å². The number of carbonyl (C=O) groups excluding carboxylic acids is 3. The fourth-order valence-corrected chi connectivity index (χ4v) is 0.983. The molecule has 0 rings (SSSR count). The zero-order valence-electron chi connectivity index (χ0n) is 16.9. The normalized spacial score (nSPS) is 8.50. The topological polar surface area (TPSA) is 78.9 Å². The fraction of sp³-hybridized carbons (Fsp3) is 0.550. The summed E-state index contributed by atoms with van der Waals surface area (Å²) in [6.07, 6.45) is 5.13. The average Bonchev–Trinajstić information content (AvgIpc) is 2.62. The number of carbonyl (C=O) groups is 3. The molecular formula is C20H34O6. The Bertz CT molecular complexity index is 451. The van der Waals surface area contributed by atoms with Crippen molar-refractivity contribution in [1.82, 2.24) is 0 Å². The summed E-state index contributed by atoms with van der Waals surface area (Å²) in [5, 5.41) is 0. The van der Waals surface area contributed by atoms with E-state index in [9.17, 15) is 14.4 Å². The molecular weight excluding hydrogens is 336 g/mol. The molecule has 0 heterocycles. The van der Waals surface area contributed by atoms with Gasteiger partial charge >= 0.3 is 17.9 Å². The van der Waals surface area contributed by atoms with Crippen LogP contribution in [-0.2, 0) is 28.6 Å². The largest absolute Gasteiger partial charge is 0.466 e. The van der Waals surface area contributed by atoms with E-state index in [1.807, 2.05) is 6.92 Å². The molecule has 0 radical (unpaired) electrons. The highest BCUT2D eigenvalue weighted by Crippen LogP contribution is 1.94. The molecule has 150 valence electrons. The van der Waals surface area contributed by atoms with Crippen LogP contribution in [0.2, 0.25) is 0 Å². The Morgan fingerprint density at radius 2 is 1.27 bits per heavy atom. The molecule has 0 amide bonds. The Morgan fingerprint density at radius 3 is 1.54 bits per heavy atom. The van der Waals surface area contributed by atoms with Gasteiger partial charge < -0.3 is 14.2 Å². The number of ether oxygens (including phenoxy) is 3. The molecule has 0 unspecified atom stereocenters. The molecule has 0 aromatic carbocycles. The SMILES string of the molecule is C=C(C)C(=O)OC.C=C(C)C(=O)OCCCC.C=CC(=O)OCCCC. The molecule has 6 heteroatoms. The fourth-order valence-electron chi connectivity index (χ4n) is 0.983. The third-order valence-electron chi connectivity index (χ3n) is 2.52. The highest BCUT2D eigenvalue weighted by Gasteiger charge is 2.00. The quantitative estimate of drug-likeness (QED) is 0.262. The zero-order valence-corrected chi connectivity index (χ0v) is 16.9. The van der Waals surface area contributed by atoms with Gasteiger partial charge in [0.25, 0.3) is 0 Å². The van der Waals surface area contributed by atoms with Crippen LogP contribution in [0.4, 0.5) is 0 Å². The second-order valence-corrected chi connectivity index (χ2v) is 5.27. The molecule has 0 aromatic heterocycles. The summed E-state index contributed by atoms with van der Waals surface area (Å²) < 4.78 is 13.8. The molecule has 0 atom stereocenters. The predicted molar refractivity (Wildman–Crippen MR) is 104 cm³/mol. The second kappa shape index (κ2) is 20.7. The Labute approximate surface area is 157 Å². The zero-order chi connectivity index (χ0) is 21.0. The van der Waals surface area contributed by atoms with E-state index >= 15 is 0 Å². The van der Waals surface area contributed by atoms with Crippen molar-refractivity contribution in [3.8, 4) is 0 Å². The van der Waals surface area contributed by atoms with E-state index in [0.29, 0.717) is 24.4 Å². The minimum atomic E-state index is -0.347. The lowest BCUT2D eigenvalue weighted by Crippen LogP contribution is -2.05. The van der Waals surface area contributed by atoms with E-state index in [4.69, 9.17) is 4.74 Å². The first-order valence-corrected chi connectivity index (χ1v) is 8.53. The van der Waals surface area contributed by atoms with Crippen molar-refractivity contribution in [2.45, 2.75) is 53.4 Å². The van der Waals surface area contributed by atoms with Crippen molar-refractivity contribution in [1.29, 1.82) is 0 Å². The van der Waals surface area contributed by atoms with Gasteiger partial charge in [0.15, 0.2) is 0 Å². The number of methoxy groups -OCH3 is 1. The van der Waals surface area contributed by atoms with Gasteiger partial charge in [0.2, 0.25) is 0 Å². The first-order valence-electron chi connectivity index (χ1n) is 8.53. The average molecular weight is 370 g/mol. The summed E-state index contributed by atoms with van der Waals surface area (Å²) in [6.45, 7) is 18.5. The predicted octanol–water partition coefficient (Wildman–Crippen LogP) is 4.16. The van der Waals surface area contributed by atoms with Crippen LogP contribution in [0.3, 0.4) is 0 Å². The molecule has 0 aliphatic rings. The van der Waals surface area contributed by atoms with E-state index in [-0.39, 0.29) is 17.9 Å². The lowest BCUT2D eigenvalue weighted by atomic mass is 10.3. The Kier molecular flexibility index (Phi) is 22.6. The van der Waals surface area contributed by atoms with Crippen LogP contribution in [0.15, 0.2) is 37.0 Å². The molecule has 0 N–H and O–H groups in total. The van der Waals surface area contributed by atoms with Gasteiger partial charge in [0.1, 0.15) is 0 Å². The molecule has 0 spiro atoms. The van der Waals surface area contributed by atoms with Crippen LogP contribution in [-0.4, -0.2) is 38.2 Å². The Balaban J connectivity index is -0.000000310. The molecule has 0 aliphatic carbocycles. The van der Waals surface area contributed by atoms with Gasteiger partial charge in [-0.15, -0.1) is 0 Å². The number of hydrogen-bond donors (Lipinski definition) is 0. The summed E-state index contributed by atoms with van der Waals surface area (Å²) >= 11 is 0. The minimum Gasteiger partial charge on any atom is -0.466 e. The summed E-state index contributed by atoms with van der Waals surface area (Å²) in [7, 11) is 1.33. The molecule has 0 saturated carbocycles. The van der Waals surface area contributed by atoms with Gasteiger partial charge in [0, 0.05) is 17.2 Å². The maximum absolute atomic E-state index is 10.7. The number of unbranched alkanes of at least 4 members (excludes halogenated alkanes) is 2. The highest BCUT2D eigenvalue weighted by atomic mass is 16.5. The number of esters is 3. The molecule has 0 aliphatic heterocycles. The molecule has 6 nitrogen and oxygen atoms in total.